The Balaban J connectivity index is 1.17. The van der Waals surface area contributed by atoms with Gasteiger partial charge in [0.1, 0.15) is 12.1 Å². The molecular formula is C34H36FN7O2. The van der Waals surface area contributed by atoms with Crippen molar-refractivity contribution < 1.29 is 13.9 Å². The molecule has 10 heteroatoms. The highest BCUT2D eigenvalue weighted by Gasteiger charge is 2.47. The van der Waals surface area contributed by atoms with Crippen LogP contribution >= 0.6 is 0 Å². The Hall–Kier alpha value is -4.10. The van der Waals surface area contributed by atoms with Gasteiger partial charge in [0.05, 0.1) is 29.6 Å². The number of fused-ring (bicyclic) bond motifs is 5. The smallest absolute Gasteiger partial charge is 0.319 e. The number of aromatic nitrogens is 3. The second-order valence-corrected chi connectivity index (χ2v) is 13.2. The number of amides is 1. The number of pyridine rings is 1. The summed E-state index contributed by atoms with van der Waals surface area (Å²) in [4.78, 5) is 33.3. The highest BCUT2D eigenvalue weighted by atomic mass is 19.1. The number of ether oxygens (including phenoxy) is 1. The molecule has 1 aromatic carbocycles. The van der Waals surface area contributed by atoms with Crippen LogP contribution in [0.4, 0.5) is 10.2 Å². The Labute approximate surface area is 256 Å². The maximum Gasteiger partial charge on any atom is 0.319 e. The van der Waals surface area contributed by atoms with E-state index in [1.807, 2.05) is 11.1 Å². The summed E-state index contributed by atoms with van der Waals surface area (Å²) in [6.45, 7) is 6.91. The van der Waals surface area contributed by atoms with Gasteiger partial charge in [-0.15, -0.1) is 0 Å². The molecule has 0 bridgehead atoms. The van der Waals surface area contributed by atoms with E-state index in [0.717, 1.165) is 43.8 Å². The predicted molar refractivity (Wildman–Crippen MR) is 164 cm³/mol. The van der Waals surface area contributed by atoms with Gasteiger partial charge in [0.15, 0.2) is 11.6 Å². The fourth-order valence-corrected chi connectivity index (χ4v) is 8.42. The molecular weight excluding hydrogens is 557 g/mol. The summed E-state index contributed by atoms with van der Waals surface area (Å²) >= 11 is 0. The molecule has 4 fully saturated rings. The molecule has 3 saturated heterocycles. The molecule has 3 atom stereocenters. The Bertz CT molecular complexity index is 1710. The number of halogens is 1. The zero-order chi connectivity index (χ0) is 30.0. The number of carbonyl (C=O) groups excluding carboxylic acids is 1. The van der Waals surface area contributed by atoms with Gasteiger partial charge in [-0.05, 0) is 86.2 Å². The minimum atomic E-state index is -1.02. The molecule has 3 aliphatic heterocycles. The van der Waals surface area contributed by atoms with Crippen LogP contribution in [-0.2, 0) is 11.2 Å². The Morgan fingerprint density at radius 3 is 2.82 bits per heavy atom. The SMILES string of the molecule is C=C(F)C(=O)N1CCN(c2nc(OCC34CCCN3CCC4)nc3cc(-c4cccc5c4[C@H]4C[C@H]4C5)cnc23)C[C@@H]1CC#N. The number of nitrogens with zero attached hydrogens (tertiary/aromatic N) is 7. The van der Waals surface area contributed by atoms with Crippen molar-refractivity contribution in [1.29, 1.82) is 5.26 Å². The highest BCUT2D eigenvalue weighted by Crippen LogP contribution is 2.58. The fourth-order valence-electron chi connectivity index (χ4n) is 8.42. The van der Waals surface area contributed by atoms with Crippen molar-refractivity contribution in [3.8, 4) is 23.2 Å². The van der Waals surface area contributed by atoms with Gasteiger partial charge in [-0.1, -0.05) is 24.8 Å². The molecule has 0 N–H and O–H groups in total. The van der Waals surface area contributed by atoms with Crippen LogP contribution in [0, 0.1) is 17.2 Å². The van der Waals surface area contributed by atoms with Gasteiger partial charge in [-0.3, -0.25) is 14.7 Å². The summed E-state index contributed by atoms with van der Waals surface area (Å²) in [6.07, 6.45) is 9.00. The van der Waals surface area contributed by atoms with Crippen LogP contribution in [0.2, 0.25) is 0 Å². The molecule has 1 saturated carbocycles. The summed E-state index contributed by atoms with van der Waals surface area (Å²) in [5.41, 5.74) is 6.55. The molecule has 9 nitrogen and oxygen atoms in total. The van der Waals surface area contributed by atoms with E-state index < -0.39 is 17.8 Å². The lowest BCUT2D eigenvalue weighted by molar-refractivity contribution is -0.131. The van der Waals surface area contributed by atoms with Crippen molar-refractivity contribution in [3.05, 3.63) is 54.0 Å². The van der Waals surface area contributed by atoms with E-state index in [1.54, 1.807) is 0 Å². The lowest BCUT2D eigenvalue weighted by Gasteiger charge is -2.41. The van der Waals surface area contributed by atoms with Crippen molar-refractivity contribution in [2.24, 2.45) is 5.92 Å². The Morgan fingerprint density at radius 2 is 2.02 bits per heavy atom. The number of anilines is 1. The molecule has 1 amide bonds. The molecule has 2 aromatic heterocycles. The number of hydrogen-bond donors (Lipinski definition) is 0. The Morgan fingerprint density at radius 1 is 1.18 bits per heavy atom. The molecule has 3 aromatic rings. The quantitative estimate of drug-likeness (QED) is 0.362. The first-order chi connectivity index (χ1) is 21.4. The first-order valence-electron chi connectivity index (χ1n) is 15.9. The van der Waals surface area contributed by atoms with Crippen LogP contribution in [-0.4, -0.2) is 81.6 Å². The van der Waals surface area contributed by atoms with E-state index in [1.165, 1.54) is 40.9 Å². The average Bonchev–Trinajstić information content (AvgIpc) is 3.32. The zero-order valence-electron chi connectivity index (χ0n) is 24.8. The van der Waals surface area contributed by atoms with Gasteiger partial charge >= 0.3 is 6.01 Å². The second kappa shape index (κ2) is 10.5. The summed E-state index contributed by atoms with van der Waals surface area (Å²) in [5.74, 6) is 0.247. The molecule has 0 radical (unpaired) electrons. The zero-order valence-corrected chi connectivity index (χ0v) is 24.8. The van der Waals surface area contributed by atoms with E-state index >= 15 is 0 Å². The molecule has 226 valence electrons. The van der Waals surface area contributed by atoms with E-state index in [0.29, 0.717) is 48.5 Å². The molecule has 2 aliphatic carbocycles. The molecule has 0 spiro atoms. The number of nitriles is 1. The monoisotopic (exact) mass is 593 g/mol. The van der Waals surface area contributed by atoms with Crippen molar-refractivity contribution in [3.63, 3.8) is 0 Å². The normalized spacial score (nSPS) is 25.0. The maximum atomic E-state index is 13.8. The third-order valence-electron chi connectivity index (χ3n) is 10.7. The summed E-state index contributed by atoms with van der Waals surface area (Å²) in [6, 6.07) is 10.6. The third-order valence-corrected chi connectivity index (χ3v) is 10.7. The van der Waals surface area contributed by atoms with Gasteiger partial charge in [0, 0.05) is 31.4 Å². The van der Waals surface area contributed by atoms with Crippen molar-refractivity contribution in [1.82, 2.24) is 24.8 Å². The number of rotatable bonds is 7. The lowest BCUT2D eigenvalue weighted by atomic mass is 9.95. The van der Waals surface area contributed by atoms with Crippen molar-refractivity contribution >= 4 is 22.8 Å². The largest absolute Gasteiger partial charge is 0.461 e. The maximum absolute atomic E-state index is 13.8. The Kier molecular flexibility index (Phi) is 6.56. The number of hydrogen-bond acceptors (Lipinski definition) is 8. The summed E-state index contributed by atoms with van der Waals surface area (Å²) in [7, 11) is 0. The van der Waals surface area contributed by atoms with Crippen LogP contribution in [0.1, 0.15) is 55.6 Å². The van der Waals surface area contributed by atoms with E-state index in [-0.39, 0.29) is 18.5 Å². The number of piperazine rings is 1. The van der Waals surface area contributed by atoms with Gasteiger partial charge < -0.3 is 14.5 Å². The van der Waals surface area contributed by atoms with E-state index in [4.69, 9.17) is 19.7 Å². The highest BCUT2D eigenvalue weighted by molar-refractivity contribution is 5.92. The van der Waals surface area contributed by atoms with Crippen molar-refractivity contribution in [2.45, 2.75) is 62.4 Å². The minimum Gasteiger partial charge on any atom is -0.461 e. The number of benzene rings is 1. The van der Waals surface area contributed by atoms with Crippen LogP contribution in [0.25, 0.3) is 22.2 Å². The standard InChI is InChI=1S/C34H36FN7O2/c1-21(35)32(43)42-14-13-40(19-25(42)7-10-36)31-30-28(38-33(39-31)44-20-34-8-3-11-41(34)12-4-9-34)17-24(18-37-30)26-6-2-5-22-15-23-16-27(23)29(22)26/h2,5-6,17-18,23,25,27H,1,3-4,7-9,11-16,19-20H2/t23-,25+,27+/m1/s1. The minimum absolute atomic E-state index is 0.0443. The van der Waals surface area contributed by atoms with Crippen LogP contribution < -0.4 is 9.64 Å². The van der Waals surface area contributed by atoms with Crippen molar-refractivity contribution in [2.75, 3.05) is 44.2 Å². The van der Waals surface area contributed by atoms with Crippen LogP contribution in [0.5, 0.6) is 6.01 Å². The lowest BCUT2D eigenvalue weighted by Crippen LogP contribution is -2.55. The van der Waals surface area contributed by atoms with Gasteiger partial charge in [0.2, 0.25) is 0 Å². The second-order valence-electron chi connectivity index (χ2n) is 13.2. The van der Waals surface area contributed by atoms with E-state index in [9.17, 15) is 14.4 Å². The molecule has 0 unspecified atom stereocenters. The first-order valence-corrected chi connectivity index (χ1v) is 15.9. The average molecular weight is 594 g/mol. The topological polar surface area (TPSA) is 98.5 Å². The first kappa shape index (κ1) is 27.4. The van der Waals surface area contributed by atoms with E-state index in [2.05, 4.69) is 41.8 Å². The molecule has 8 rings (SSSR count). The van der Waals surface area contributed by atoms with Gasteiger partial charge in [-0.25, -0.2) is 4.39 Å². The molecule has 5 heterocycles. The van der Waals surface area contributed by atoms with Crippen LogP contribution in [0.15, 0.2) is 42.9 Å². The third kappa shape index (κ3) is 4.52. The summed E-state index contributed by atoms with van der Waals surface area (Å²) in [5, 5.41) is 9.52. The molecule has 5 aliphatic rings. The fraction of sp³-hybridized carbons (Fsp3) is 0.500. The number of carbonyl (C=O) groups is 1. The predicted octanol–water partition coefficient (Wildman–Crippen LogP) is 4.77. The van der Waals surface area contributed by atoms with Gasteiger partial charge in [0.25, 0.3) is 5.91 Å². The molecule has 44 heavy (non-hydrogen) atoms. The van der Waals surface area contributed by atoms with Crippen LogP contribution in [0.3, 0.4) is 0 Å². The van der Waals surface area contributed by atoms with Gasteiger partial charge in [-0.2, -0.15) is 15.2 Å². The summed E-state index contributed by atoms with van der Waals surface area (Å²) < 4.78 is 20.3.